The van der Waals surface area contributed by atoms with Crippen LogP contribution in [0.25, 0.3) is 33.4 Å². The van der Waals surface area contributed by atoms with E-state index >= 15 is 0 Å². The quantitative estimate of drug-likeness (QED) is 0.582. The van der Waals surface area contributed by atoms with Crippen molar-refractivity contribution < 1.29 is 9.13 Å². The molecule has 0 unspecified atom stereocenters. The number of aromatic nitrogens is 5. The van der Waals surface area contributed by atoms with Crippen molar-refractivity contribution in [1.82, 2.24) is 25.0 Å². The van der Waals surface area contributed by atoms with Crippen molar-refractivity contribution in [3.63, 3.8) is 0 Å². The molecule has 4 aromatic rings. The number of rotatable bonds is 2. The average molecular weight is 363 g/mol. The van der Waals surface area contributed by atoms with Gasteiger partial charge in [0.05, 0.1) is 30.6 Å². The van der Waals surface area contributed by atoms with Gasteiger partial charge >= 0.3 is 0 Å². The summed E-state index contributed by atoms with van der Waals surface area (Å²) in [5, 5.41) is 12.9. The molecule has 1 aromatic carbocycles. The lowest BCUT2D eigenvalue weighted by molar-refractivity contribution is -0.0101. The Morgan fingerprint density at radius 3 is 2.81 bits per heavy atom. The summed E-state index contributed by atoms with van der Waals surface area (Å²) in [5.41, 5.74) is 5.36. The third-order valence-electron chi connectivity index (χ3n) is 5.30. The number of halogens is 1. The second-order valence-electron chi connectivity index (χ2n) is 6.87. The van der Waals surface area contributed by atoms with E-state index in [0.29, 0.717) is 6.61 Å². The first-order valence-electron chi connectivity index (χ1n) is 8.91. The van der Waals surface area contributed by atoms with Gasteiger partial charge in [-0.1, -0.05) is 0 Å². The first-order valence-corrected chi connectivity index (χ1v) is 8.91. The van der Waals surface area contributed by atoms with Crippen molar-refractivity contribution in [1.29, 1.82) is 0 Å². The Morgan fingerprint density at radius 2 is 2.00 bits per heavy atom. The van der Waals surface area contributed by atoms with Crippen LogP contribution in [0.2, 0.25) is 0 Å². The number of ether oxygens (including phenoxy) is 1. The molecule has 1 aliphatic heterocycles. The molecule has 27 heavy (non-hydrogen) atoms. The summed E-state index contributed by atoms with van der Waals surface area (Å²) in [6, 6.07) is 8.50. The number of nitrogens with zero attached hydrogens (tertiary/aromatic N) is 4. The van der Waals surface area contributed by atoms with Crippen LogP contribution in [0.15, 0.2) is 42.7 Å². The Labute approximate surface area is 155 Å². The van der Waals surface area contributed by atoms with Crippen LogP contribution in [-0.4, -0.2) is 31.1 Å². The number of fused-ring (bicyclic) bond motifs is 2. The fraction of sp³-hybridized carbons (Fsp3) is 0.250. The van der Waals surface area contributed by atoms with Crippen molar-refractivity contribution in [2.75, 3.05) is 0 Å². The summed E-state index contributed by atoms with van der Waals surface area (Å²) in [5.74, 6) is -0.268. The third kappa shape index (κ3) is 2.46. The number of nitrogens with one attached hydrogen (secondary N) is 1. The van der Waals surface area contributed by atoms with E-state index < -0.39 is 0 Å². The molecule has 5 rings (SSSR count). The Bertz CT molecular complexity index is 1130. The van der Waals surface area contributed by atoms with Crippen LogP contribution in [0.3, 0.4) is 0 Å². The van der Waals surface area contributed by atoms with Crippen molar-refractivity contribution in [3.8, 4) is 22.4 Å². The summed E-state index contributed by atoms with van der Waals surface area (Å²) in [4.78, 5) is 4.34. The number of benzene rings is 1. The Kier molecular flexibility index (Phi) is 3.58. The first kappa shape index (κ1) is 16.1. The zero-order valence-electron chi connectivity index (χ0n) is 15.0. The highest BCUT2D eigenvalue weighted by molar-refractivity contribution is 5.97. The summed E-state index contributed by atoms with van der Waals surface area (Å²) in [6.45, 7) is 4.61. The molecule has 7 heteroatoms. The van der Waals surface area contributed by atoms with Gasteiger partial charge in [-0.3, -0.25) is 9.78 Å². The fourth-order valence-electron chi connectivity index (χ4n) is 3.65. The molecule has 1 N–H and O–H groups in total. The molecule has 0 saturated carbocycles. The maximum absolute atomic E-state index is 13.5. The second kappa shape index (κ2) is 5.99. The van der Waals surface area contributed by atoms with E-state index in [-0.39, 0.29) is 18.0 Å². The normalized spacial score (nSPS) is 19.4. The van der Waals surface area contributed by atoms with Crippen LogP contribution in [-0.2, 0) is 11.3 Å². The van der Waals surface area contributed by atoms with Gasteiger partial charge in [0.15, 0.2) is 5.65 Å². The zero-order valence-corrected chi connectivity index (χ0v) is 15.0. The number of pyridine rings is 1. The van der Waals surface area contributed by atoms with Gasteiger partial charge in [-0.05, 0) is 49.7 Å². The van der Waals surface area contributed by atoms with Gasteiger partial charge in [-0.25, -0.2) is 9.37 Å². The standard InChI is InChI=1S/C20H18FN5O/c1-11-12(2)27-10-17-18(15-7-8-22-20-16(15)9-23-24-20)19(25-26(11)17)13-3-5-14(21)6-4-13/h3-9,11-12H,10H2,1-2H3,(H,22,23,24)/t11-,12+/m1/s1. The van der Waals surface area contributed by atoms with E-state index in [0.717, 1.165) is 39.1 Å². The van der Waals surface area contributed by atoms with Crippen LogP contribution in [0.5, 0.6) is 0 Å². The van der Waals surface area contributed by atoms with E-state index in [9.17, 15) is 4.39 Å². The lowest BCUT2D eigenvalue weighted by Crippen LogP contribution is -2.29. The fourth-order valence-corrected chi connectivity index (χ4v) is 3.65. The molecule has 1 aliphatic rings. The second-order valence-corrected chi connectivity index (χ2v) is 6.87. The van der Waals surface area contributed by atoms with Crippen LogP contribution in [0.4, 0.5) is 4.39 Å². The molecule has 136 valence electrons. The summed E-state index contributed by atoms with van der Waals surface area (Å²) in [7, 11) is 0. The minimum absolute atomic E-state index is 0.0673. The molecule has 0 spiro atoms. The highest BCUT2D eigenvalue weighted by Crippen LogP contribution is 2.41. The minimum atomic E-state index is -0.268. The Hall–Kier alpha value is -3.06. The van der Waals surface area contributed by atoms with E-state index in [1.54, 1.807) is 24.5 Å². The van der Waals surface area contributed by atoms with E-state index in [2.05, 4.69) is 22.1 Å². The van der Waals surface area contributed by atoms with E-state index in [1.807, 2.05) is 17.7 Å². The predicted octanol–water partition coefficient (Wildman–Crippen LogP) is 4.11. The molecule has 0 radical (unpaired) electrons. The Balaban J connectivity index is 1.82. The average Bonchev–Trinajstić information content (AvgIpc) is 3.30. The monoisotopic (exact) mass is 363 g/mol. The maximum atomic E-state index is 13.5. The van der Waals surface area contributed by atoms with Crippen LogP contribution in [0, 0.1) is 5.82 Å². The molecule has 3 aromatic heterocycles. The highest BCUT2D eigenvalue weighted by atomic mass is 19.1. The lowest BCUT2D eigenvalue weighted by atomic mass is 9.97. The molecule has 0 amide bonds. The van der Waals surface area contributed by atoms with Crippen molar-refractivity contribution in [3.05, 3.63) is 54.2 Å². The van der Waals surface area contributed by atoms with Gasteiger partial charge in [-0.15, -0.1) is 0 Å². The maximum Gasteiger partial charge on any atom is 0.155 e. The molecule has 6 nitrogen and oxygen atoms in total. The van der Waals surface area contributed by atoms with Gasteiger partial charge in [0, 0.05) is 22.7 Å². The van der Waals surface area contributed by atoms with Crippen LogP contribution >= 0.6 is 0 Å². The molecular weight excluding hydrogens is 345 g/mol. The number of hydrogen-bond acceptors (Lipinski definition) is 4. The van der Waals surface area contributed by atoms with E-state index in [4.69, 9.17) is 9.84 Å². The van der Waals surface area contributed by atoms with Gasteiger partial charge in [0.1, 0.15) is 11.5 Å². The van der Waals surface area contributed by atoms with Gasteiger partial charge in [0.25, 0.3) is 0 Å². The summed E-state index contributed by atoms with van der Waals surface area (Å²) >= 11 is 0. The first-order chi connectivity index (χ1) is 13.1. The van der Waals surface area contributed by atoms with Crippen molar-refractivity contribution >= 4 is 11.0 Å². The SMILES string of the molecule is C[C@@H]1OCc2c(-c3ccnc4[nH]ncc34)c(-c3ccc(F)cc3)nn2[C@@H]1C. The minimum Gasteiger partial charge on any atom is -0.370 e. The molecule has 0 aliphatic carbocycles. The summed E-state index contributed by atoms with van der Waals surface area (Å²) in [6.07, 6.45) is 3.59. The van der Waals surface area contributed by atoms with Gasteiger partial charge in [-0.2, -0.15) is 10.2 Å². The molecule has 4 heterocycles. The zero-order chi connectivity index (χ0) is 18.5. The van der Waals surface area contributed by atoms with Crippen LogP contribution in [0.1, 0.15) is 25.6 Å². The number of H-pyrrole nitrogens is 1. The Morgan fingerprint density at radius 1 is 1.19 bits per heavy atom. The molecule has 0 saturated heterocycles. The van der Waals surface area contributed by atoms with Crippen LogP contribution < -0.4 is 0 Å². The summed E-state index contributed by atoms with van der Waals surface area (Å²) < 4.78 is 21.5. The molecule has 2 atom stereocenters. The molecule has 0 bridgehead atoms. The van der Waals surface area contributed by atoms with Gasteiger partial charge < -0.3 is 4.74 Å². The number of hydrogen-bond donors (Lipinski definition) is 1. The van der Waals surface area contributed by atoms with Crippen molar-refractivity contribution in [2.24, 2.45) is 0 Å². The van der Waals surface area contributed by atoms with E-state index in [1.165, 1.54) is 12.1 Å². The largest absolute Gasteiger partial charge is 0.370 e. The number of aromatic amines is 1. The lowest BCUT2D eigenvalue weighted by Gasteiger charge is -2.28. The molecule has 0 fully saturated rings. The molecular formula is C20H18FN5O. The van der Waals surface area contributed by atoms with Gasteiger partial charge in [0.2, 0.25) is 0 Å². The smallest absolute Gasteiger partial charge is 0.155 e. The third-order valence-corrected chi connectivity index (χ3v) is 5.30. The van der Waals surface area contributed by atoms with Crippen molar-refractivity contribution in [2.45, 2.75) is 32.6 Å². The highest BCUT2D eigenvalue weighted by Gasteiger charge is 2.30. The predicted molar refractivity (Wildman–Crippen MR) is 99.5 cm³/mol. The topological polar surface area (TPSA) is 68.6 Å².